The lowest BCUT2D eigenvalue weighted by atomic mass is 10.1. The Kier molecular flexibility index (Phi) is 5.96. The number of carbonyl (C=O) groups excluding carboxylic acids is 1. The van der Waals surface area contributed by atoms with Gasteiger partial charge in [0.2, 0.25) is 0 Å². The second-order valence-electron chi connectivity index (χ2n) is 8.11. The summed E-state index contributed by atoms with van der Waals surface area (Å²) in [6, 6.07) is 17.0. The third-order valence-corrected chi connectivity index (χ3v) is 6.92. The van der Waals surface area contributed by atoms with Gasteiger partial charge in [-0.25, -0.2) is 0 Å². The van der Waals surface area contributed by atoms with E-state index >= 15 is 0 Å². The second kappa shape index (κ2) is 8.67. The first kappa shape index (κ1) is 21.3. The summed E-state index contributed by atoms with van der Waals surface area (Å²) in [6.07, 6.45) is 3.02. The summed E-state index contributed by atoms with van der Waals surface area (Å²) in [7, 11) is 0. The normalized spacial score (nSPS) is 17.3. The zero-order valence-corrected chi connectivity index (χ0v) is 19.6. The van der Waals surface area contributed by atoms with Crippen LogP contribution in [0.25, 0.3) is 11.8 Å². The molecule has 1 saturated heterocycles. The van der Waals surface area contributed by atoms with E-state index in [0.717, 1.165) is 39.7 Å². The van der Waals surface area contributed by atoms with Crippen molar-refractivity contribution < 1.29 is 4.79 Å². The highest BCUT2D eigenvalue weighted by molar-refractivity contribution is 8.05. The number of amides is 1. The van der Waals surface area contributed by atoms with Crippen molar-refractivity contribution in [1.29, 1.82) is 0 Å². The molecule has 0 spiro atoms. The van der Waals surface area contributed by atoms with Gasteiger partial charge in [-0.3, -0.25) is 4.79 Å². The molecule has 1 aromatic heterocycles. The number of benzene rings is 2. The molecule has 160 valence electrons. The van der Waals surface area contributed by atoms with E-state index in [1.165, 1.54) is 28.5 Å². The Hall–Kier alpha value is -2.92. The quantitative estimate of drug-likeness (QED) is 0.497. The zero-order chi connectivity index (χ0) is 22.1. The minimum absolute atomic E-state index is 0.0383. The third-order valence-electron chi connectivity index (χ3n) is 5.90. The Balaban J connectivity index is 1.55. The molecule has 0 unspecified atom stereocenters. The molecule has 2 heterocycles. The van der Waals surface area contributed by atoms with Crippen LogP contribution >= 0.6 is 11.8 Å². The van der Waals surface area contributed by atoms with Crippen molar-refractivity contribution in [3.8, 4) is 5.69 Å². The van der Waals surface area contributed by atoms with Crippen LogP contribution in [0.1, 0.15) is 40.6 Å². The van der Waals surface area contributed by atoms with Gasteiger partial charge in [0.15, 0.2) is 5.50 Å². The largest absolute Gasteiger partial charge is 0.357 e. The molecular formula is C26H29N3OS. The summed E-state index contributed by atoms with van der Waals surface area (Å²) < 4.78 is 2.25. The molecule has 0 bridgehead atoms. The number of aromatic nitrogens is 1. The molecule has 0 radical (unpaired) electrons. The monoisotopic (exact) mass is 431 g/mol. The molecule has 4 nitrogen and oxygen atoms in total. The summed E-state index contributed by atoms with van der Waals surface area (Å²) in [5.74, 6) is -0.0383. The zero-order valence-electron chi connectivity index (χ0n) is 18.7. The molecule has 0 saturated carbocycles. The minimum atomic E-state index is -0.172. The van der Waals surface area contributed by atoms with Gasteiger partial charge in [0.1, 0.15) is 0 Å². The molecule has 1 atom stereocenters. The lowest BCUT2D eigenvalue weighted by Crippen LogP contribution is -2.30. The first-order chi connectivity index (χ1) is 14.9. The van der Waals surface area contributed by atoms with Crippen LogP contribution in [-0.2, 0) is 11.2 Å². The Labute approximate surface area is 188 Å². The van der Waals surface area contributed by atoms with E-state index < -0.39 is 0 Å². The van der Waals surface area contributed by atoms with Crippen LogP contribution in [0, 0.1) is 27.7 Å². The average Bonchev–Trinajstić information content (AvgIpc) is 3.23. The highest BCUT2D eigenvalue weighted by Crippen LogP contribution is 2.32. The Morgan fingerprint density at radius 1 is 1.03 bits per heavy atom. The molecule has 31 heavy (non-hydrogen) atoms. The first-order valence-corrected chi connectivity index (χ1v) is 11.5. The molecule has 1 fully saturated rings. The average molecular weight is 432 g/mol. The molecule has 1 aliphatic rings. The van der Waals surface area contributed by atoms with Crippen LogP contribution < -0.4 is 10.6 Å². The summed E-state index contributed by atoms with van der Waals surface area (Å²) in [5.41, 5.74) is 9.21. The van der Waals surface area contributed by atoms with E-state index in [1.54, 1.807) is 0 Å². The Morgan fingerprint density at radius 2 is 1.77 bits per heavy atom. The predicted molar refractivity (Wildman–Crippen MR) is 132 cm³/mol. The fraction of sp³-hybridized carbons (Fsp3) is 0.269. The number of nitrogens with zero attached hydrogens (tertiary/aromatic N) is 1. The summed E-state index contributed by atoms with van der Waals surface area (Å²) in [4.78, 5) is 13.3. The number of thioether (sulfide) groups is 1. The maximum atomic E-state index is 12.6. The summed E-state index contributed by atoms with van der Waals surface area (Å²) in [5, 5.41) is 6.42. The number of carbonyl (C=O) groups is 1. The number of hydrogen-bond donors (Lipinski definition) is 2. The fourth-order valence-electron chi connectivity index (χ4n) is 3.89. The Bertz CT molecular complexity index is 1160. The van der Waals surface area contributed by atoms with Crippen molar-refractivity contribution in [2.24, 2.45) is 0 Å². The molecule has 5 heteroatoms. The molecule has 1 amide bonds. The van der Waals surface area contributed by atoms with E-state index in [0.29, 0.717) is 0 Å². The lowest BCUT2D eigenvalue weighted by molar-refractivity contribution is -0.116. The van der Waals surface area contributed by atoms with E-state index in [-0.39, 0.29) is 11.4 Å². The number of aryl methyl sites for hydroxylation is 4. The molecule has 2 aromatic carbocycles. The van der Waals surface area contributed by atoms with Gasteiger partial charge in [0, 0.05) is 22.8 Å². The topological polar surface area (TPSA) is 46.1 Å². The lowest BCUT2D eigenvalue weighted by Gasteiger charge is -2.13. The van der Waals surface area contributed by atoms with Crippen molar-refractivity contribution in [2.75, 3.05) is 5.32 Å². The van der Waals surface area contributed by atoms with Crippen LogP contribution in [0.4, 0.5) is 5.69 Å². The third kappa shape index (κ3) is 4.42. The fourth-order valence-corrected chi connectivity index (χ4v) is 4.87. The SMILES string of the molecule is CCc1ccc(N[C@H]2NC(=O)/C(=C/c3cc(C)n(-c4ccc(C)c(C)c4)c3C)S2)cc1. The highest BCUT2D eigenvalue weighted by atomic mass is 32.2. The van der Waals surface area contributed by atoms with Gasteiger partial charge < -0.3 is 15.2 Å². The van der Waals surface area contributed by atoms with Gasteiger partial charge in [0.25, 0.3) is 5.91 Å². The number of rotatable bonds is 5. The molecule has 3 aromatic rings. The van der Waals surface area contributed by atoms with Gasteiger partial charge in [-0.1, -0.05) is 36.9 Å². The molecule has 0 aliphatic carbocycles. The maximum absolute atomic E-state index is 12.6. The minimum Gasteiger partial charge on any atom is -0.357 e. The van der Waals surface area contributed by atoms with E-state index in [4.69, 9.17) is 0 Å². The first-order valence-electron chi connectivity index (χ1n) is 10.7. The number of hydrogen-bond acceptors (Lipinski definition) is 3. The summed E-state index contributed by atoms with van der Waals surface area (Å²) in [6.45, 7) is 10.6. The van der Waals surface area contributed by atoms with Gasteiger partial charge in [-0.2, -0.15) is 0 Å². The van der Waals surface area contributed by atoms with Crippen LogP contribution in [0.3, 0.4) is 0 Å². The number of anilines is 1. The Morgan fingerprint density at radius 3 is 2.45 bits per heavy atom. The van der Waals surface area contributed by atoms with Crippen molar-refractivity contribution in [3.05, 3.63) is 87.1 Å². The molecular weight excluding hydrogens is 402 g/mol. The van der Waals surface area contributed by atoms with Crippen molar-refractivity contribution in [3.63, 3.8) is 0 Å². The van der Waals surface area contributed by atoms with Crippen molar-refractivity contribution >= 4 is 29.4 Å². The highest BCUT2D eigenvalue weighted by Gasteiger charge is 2.27. The maximum Gasteiger partial charge on any atom is 0.260 e. The smallest absolute Gasteiger partial charge is 0.260 e. The molecule has 2 N–H and O–H groups in total. The predicted octanol–water partition coefficient (Wildman–Crippen LogP) is 5.87. The van der Waals surface area contributed by atoms with Crippen molar-refractivity contribution in [1.82, 2.24) is 9.88 Å². The van der Waals surface area contributed by atoms with Crippen LogP contribution in [-0.4, -0.2) is 16.0 Å². The van der Waals surface area contributed by atoms with Gasteiger partial charge in [0.05, 0.1) is 4.91 Å². The van der Waals surface area contributed by atoms with E-state index in [9.17, 15) is 4.79 Å². The van der Waals surface area contributed by atoms with Gasteiger partial charge >= 0.3 is 0 Å². The standard InChI is InChI=1S/C26H29N3OS/c1-6-20-8-10-22(11-9-20)27-26-28-25(30)24(31-26)15-21-14-18(4)29(19(21)5)23-12-7-16(2)17(3)13-23/h7-15,26-27H,6H2,1-5H3,(H,28,30)/b24-15-/t26-/m0/s1. The second-order valence-corrected chi connectivity index (χ2v) is 9.25. The van der Waals surface area contributed by atoms with Gasteiger partial charge in [-0.05, 0) is 92.8 Å². The molecule has 1 aliphatic heterocycles. The van der Waals surface area contributed by atoms with Gasteiger partial charge in [-0.15, -0.1) is 0 Å². The van der Waals surface area contributed by atoms with Crippen molar-refractivity contribution in [2.45, 2.75) is 46.5 Å². The van der Waals surface area contributed by atoms with Crippen LogP contribution in [0.15, 0.2) is 53.4 Å². The summed E-state index contributed by atoms with van der Waals surface area (Å²) >= 11 is 1.52. The molecule has 4 rings (SSSR count). The number of nitrogens with one attached hydrogen (secondary N) is 2. The van der Waals surface area contributed by atoms with E-state index in [2.05, 4.69) is 98.4 Å². The van der Waals surface area contributed by atoms with Crippen LogP contribution in [0.2, 0.25) is 0 Å². The van der Waals surface area contributed by atoms with Crippen LogP contribution in [0.5, 0.6) is 0 Å². The van der Waals surface area contributed by atoms with E-state index in [1.807, 2.05) is 6.08 Å².